The first kappa shape index (κ1) is 32.0. The molecule has 4 N–H and O–H groups in total. The Balaban J connectivity index is 1.56. The van der Waals surface area contributed by atoms with Crippen molar-refractivity contribution in [2.75, 3.05) is 32.0 Å². The second-order valence-corrected chi connectivity index (χ2v) is 13.0. The standard InChI is InChI=1S/C32H38N4O6S/c1-22(2)19-36(43(39,40)29-12-10-27(34)11-13-29)20-31(37)30(35-32(38)42-28-14-15-41-21-28)17-23-6-8-25(9-7-23)26-5-3-4-24(16-26)18-33/h3-13,16,22,28,30-31,37H,14-15,17,19-21,34H2,1-2H3,(H,35,38)/t28-,30-,31+/m0/s1. The van der Waals surface area contributed by atoms with Crippen LogP contribution in [-0.2, 0) is 25.9 Å². The number of amides is 1. The molecule has 0 spiro atoms. The molecule has 1 fully saturated rings. The van der Waals surface area contributed by atoms with E-state index < -0.39 is 28.3 Å². The van der Waals surface area contributed by atoms with E-state index in [1.54, 1.807) is 12.1 Å². The van der Waals surface area contributed by atoms with Crippen molar-refractivity contribution in [3.63, 3.8) is 0 Å². The van der Waals surface area contributed by atoms with E-state index in [4.69, 9.17) is 15.2 Å². The minimum Gasteiger partial charge on any atom is -0.444 e. The SMILES string of the molecule is CC(C)CN(C[C@@H](O)[C@H](Cc1ccc(-c2cccc(C#N)c2)cc1)NC(=O)O[C@H]1CCOC1)S(=O)(=O)c1ccc(N)cc1. The van der Waals surface area contributed by atoms with Crippen molar-refractivity contribution in [1.29, 1.82) is 5.26 Å². The van der Waals surface area contributed by atoms with Crippen molar-refractivity contribution in [2.45, 2.75) is 49.8 Å². The van der Waals surface area contributed by atoms with Crippen LogP contribution >= 0.6 is 0 Å². The van der Waals surface area contributed by atoms with Gasteiger partial charge in [0.2, 0.25) is 10.0 Å². The highest BCUT2D eigenvalue weighted by molar-refractivity contribution is 7.89. The second kappa shape index (κ2) is 14.5. The van der Waals surface area contributed by atoms with E-state index in [-0.39, 0.29) is 36.4 Å². The summed E-state index contributed by atoms with van der Waals surface area (Å²) in [6.07, 6.45) is -1.56. The van der Waals surface area contributed by atoms with E-state index >= 15 is 0 Å². The third-order valence-electron chi connectivity index (χ3n) is 7.14. The lowest BCUT2D eigenvalue weighted by Gasteiger charge is -2.30. The van der Waals surface area contributed by atoms with E-state index in [1.165, 1.54) is 28.6 Å². The summed E-state index contributed by atoms with van der Waals surface area (Å²) in [5.74, 6) is -0.0263. The van der Waals surface area contributed by atoms with Gasteiger partial charge < -0.3 is 25.6 Å². The third kappa shape index (κ3) is 8.78. The summed E-state index contributed by atoms with van der Waals surface area (Å²) in [4.78, 5) is 12.9. The maximum Gasteiger partial charge on any atom is 0.407 e. The van der Waals surface area contributed by atoms with Gasteiger partial charge in [0.05, 0.1) is 41.9 Å². The van der Waals surface area contributed by atoms with E-state index in [9.17, 15) is 23.6 Å². The Morgan fingerprint density at radius 3 is 2.47 bits per heavy atom. The molecular weight excluding hydrogens is 568 g/mol. The molecule has 1 saturated heterocycles. The Morgan fingerprint density at radius 1 is 1.12 bits per heavy atom. The van der Waals surface area contributed by atoms with Crippen LogP contribution in [0.1, 0.15) is 31.4 Å². The fourth-order valence-corrected chi connectivity index (χ4v) is 6.51. The maximum atomic E-state index is 13.6. The summed E-state index contributed by atoms with van der Waals surface area (Å²) >= 11 is 0. The van der Waals surface area contributed by atoms with Gasteiger partial charge in [0, 0.05) is 25.2 Å². The quantitative estimate of drug-likeness (QED) is 0.262. The summed E-state index contributed by atoms with van der Waals surface area (Å²) < 4.78 is 39.2. The fourth-order valence-electron chi connectivity index (χ4n) is 4.88. The number of nitrogens with one attached hydrogen (secondary N) is 1. The number of benzene rings is 3. The first-order valence-corrected chi connectivity index (χ1v) is 15.7. The lowest BCUT2D eigenvalue weighted by molar-refractivity contribution is 0.0644. The molecule has 3 aromatic rings. The first-order chi connectivity index (χ1) is 20.5. The van der Waals surface area contributed by atoms with Crippen molar-refractivity contribution in [3.8, 4) is 17.2 Å². The number of nitrogen functional groups attached to an aromatic ring is 1. The number of aliphatic hydroxyl groups excluding tert-OH is 1. The topological polar surface area (TPSA) is 155 Å². The van der Waals surface area contributed by atoms with E-state index in [1.807, 2.05) is 50.2 Å². The Morgan fingerprint density at radius 2 is 1.84 bits per heavy atom. The van der Waals surface area contributed by atoms with Crippen molar-refractivity contribution in [3.05, 3.63) is 83.9 Å². The van der Waals surface area contributed by atoms with Crippen LogP contribution in [0, 0.1) is 17.2 Å². The maximum absolute atomic E-state index is 13.6. The summed E-state index contributed by atoms with van der Waals surface area (Å²) in [6.45, 7) is 4.50. The Kier molecular flexibility index (Phi) is 10.8. The number of carbonyl (C=O) groups excluding carboxylic acids is 1. The first-order valence-electron chi connectivity index (χ1n) is 14.2. The minimum atomic E-state index is -3.97. The molecule has 1 aliphatic rings. The Labute approximate surface area is 253 Å². The highest BCUT2D eigenvalue weighted by Gasteiger charge is 2.32. The molecule has 0 bridgehead atoms. The van der Waals surface area contributed by atoms with Crippen molar-refractivity contribution in [2.24, 2.45) is 5.92 Å². The van der Waals surface area contributed by atoms with Gasteiger partial charge in [-0.05, 0) is 65.4 Å². The summed E-state index contributed by atoms with van der Waals surface area (Å²) in [6, 6.07) is 22.0. The molecular formula is C32H38N4O6S. The van der Waals surface area contributed by atoms with Crippen LogP contribution in [0.4, 0.5) is 10.5 Å². The number of aliphatic hydroxyl groups is 1. The lowest BCUT2D eigenvalue weighted by Crippen LogP contribution is -2.51. The molecule has 43 heavy (non-hydrogen) atoms. The van der Waals surface area contributed by atoms with Crippen LogP contribution in [0.5, 0.6) is 0 Å². The molecule has 1 aliphatic heterocycles. The summed E-state index contributed by atoms with van der Waals surface area (Å²) in [5, 5.41) is 23.5. The lowest BCUT2D eigenvalue weighted by atomic mass is 9.97. The number of sulfonamides is 1. The summed E-state index contributed by atoms with van der Waals surface area (Å²) in [7, 11) is -3.97. The molecule has 3 atom stereocenters. The van der Waals surface area contributed by atoms with Gasteiger partial charge in [-0.2, -0.15) is 9.57 Å². The number of hydrogen-bond acceptors (Lipinski definition) is 8. The number of nitrogens with two attached hydrogens (primary N) is 1. The van der Waals surface area contributed by atoms with Crippen LogP contribution in [0.25, 0.3) is 11.1 Å². The van der Waals surface area contributed by atoms with Crippen LogP contribution < -0.4 is 11.1 Å². The molecule has 11 heteroatoms. The van der Waals surface area contributed by atoms with Gasteiger partial charge in [-0.15, -0.1) is 0 Å². The number of ether oxygens (including phenoxy) is 2. The number of rotatable bonds is 12. The number of nitriles is 1. The highest BCUT2D eigenvalue weighted by atomic mass is 32.2. The molecule has 3 aromatic carbocycles. The minimum absolute atomic E-state index is 0.0263. The van der Waals surface area contributed by atoms with Crippen molar-refractivity contribution >= 4 is 21.8 Å². The number of alkyl carbamates (subject to hydrolysis) is 1. The molecule has 0 saturated carbocycles. The zero-order chi connectivity index (χ0) is 31.0. The van der Waals surface area contributed by atoms with Crippen LogP contribution in [0.15, 0.2) is 77.7 Å². The number of nitrogens with zero attached hydrogens (tertiary/aromatic N) is 2. The fraction of sp³-hybridized carbons (Fsp3) is 0.375. The van der Waals surface area contributed by atoms with Crippen LogP contribution in [0.3, 0.4) is 0 Å². The molecule has 1 amide bonds. The van der Waals surface area contributed by atoms with Gasteiger partial charge in [-0.3, -0.25) is 0 Å². The van der Waals surface area contributed by atoms with E-state index in [0.29, 0.717) is 30.9 Å². The van der Waals surface area contributed by atoms with E-state index in [0.717, 1.165) is 16.7 Å². The van der Waals surface area contributed by atoms with E-state index in [2.05, 4.69) is 11.4 Å². The van der Waals surface area contributed by atoms with Crippen LogP contribution in [0.2, 0.25) is 0 Å². The molecule has 0 aromatic heterocycles. The Bertz CT molecular complexity index is 1510. The zero-order valence-corrected chi connectivity index (χ0v) is 25.2. The Hall–Kier alpha value is -3.95. The normalized spacial score (nSPS) is 16.5. The van der Waals surface area contributed by atoms with Gasteiger partial charge in [0.25, 0.3) is 0 Å². The third-order valence-corrected chi connectivity index (χ3v) is 8.99. The van der Waals surface area contributed by atoms with Gasteiger partial charge in [0.1, 0.15) is 6.10 Å². The zero-order valence-electron chi connectivity index (χ0n) is 24.3. The number of anilines is 1. The highest BCUT2D eigenvalue weighted by Crippen LogP contribution is 2.23. The van der Waals surface area contributed by atoms with Gasteiger partial charge >= 0.3 is 6.09 Å². The molecule has 0 radical (unpaired) electrons. The monoisotopic (exact) mass is 606 g/mol. The largest absolute Gasteiger partial charge is 0.444 e. The molecule has 228 valence electrons. The van der Waals surface area contributed by atoms with Crippen molar-refractivity contribution in [1.82, 2.24) is 9.62 Å². The smallest absolute Gasteiger partial charge is 0.407 e. The van der Waals surface area contributed by atoms with Crippen LogP contribution in [-0.4, -0.2) is 68.5 Å². The summed E-state index contributed by atoms with van der Waals surface area (Å²) in [5.41, 5.74) is 9.36. The molecule has 0 aliphatic carbocycles. The molecule has 0 unspecified atom stereocenters. The average molecular weight is 607 g/mol. The van der Waals surface area contributed by atoms with Gasteiger partial charge in [-0.1, -0.05) is 50.2 Å². The van der Waals surface area contributed by atoms with Crippen molar-refractivity contribution < 1.29 is 27.8 Å². The number of hydrogen-bond donors (Lipinski definition) is 3. The predicted molar refractivity (Wildman–Crippen MR) is 163 cm³/mol. The number of carbonyl (C=O) groups is 1. The van der Waals surface area contributed by atoms with Gasteiger partial charge in [-0.25, -0.2) is 13.2 Å². The molecule has 1 heterocycles. The molecule has 4 rings (SSSR count). The molecule has 10 nitrogen and oxygen atoms in total. The second-order valence-electron chi connectivity index (χ2n) is 11.1. The average Bonchev–Trinajstić information content (AvgIpc) is 3.49. The van der Waals surface area contributed by atoms with Gasteiger partial charge in [0.15, 0.2) is 0 Å². The predicted octanol–water partition coefficient (Wildman–Crippen LogP) is 3.94.